The van der Waals surface area contributed by atoms with E-state index in [0.717, 1.165) is 23.6 Å². The molecule has 0 fully saturated rings. The smallest absolute Gasteiger partial charge is 0.176 e. The number of carbonyl (C=O) groups is 1. The topological polar surface area (TPSA) is 55.6 Å². The van der Waals surface area contributed by atoms with Gasteiger partial charge in [-0.25, -0.2) is 8.42 Å². The molecule has 0 atom stereocenters. The summed E-state index contributed by atoms with van der Waals surface area (Å²) in [5.41, 5.74) is 3.19. The molecule has 0 radical (unpaired) electrons. The number of hydrogen-bond donors (Lipinski definition) is 0. The number of aryl methyl sites for hydroxylation is 1. The number of benzene rings is 1. The molecule has 0 aliphatic carbocycles. The van der Waals surface area contributed by atoms with Crippen LogP contribution in [0.15, 0.2) is 47.5 Å². The molecule has 4 nitrogen and oxygen atoms in total. The number of fused-ring (bicyclic) bond motifs is 1. The van der Waals surface area contributed by atoms with Crippen molar-refractivity contribution in [3.8, 4) is 11.1 Å². The van der Waals surface area contributed by atoms with Crippen LogP contribution in [-0.2, 0) is 9.84 Å². The average Bonchev–Trinajstić information content (AvgIpc) is 2.83. The molecule has 1 aromatic carbocycles. The Morgan fingerprint density at radius 2 is 1.83 bits per heavy atom. The van der Waals surface area contributed by atoms with Gasteiger partial charge in [0, 0.05) is 34.1 Å². The monoisotopic (exact) mass is 347 g/mol. The van der Waals surface area contributed by atoms with E-state index in [2.05, 4.69) is 0 Å². The normalized spacial score (nSPS) is 11.8. The van der Waals surface area contributed by atoms with Crippen LogP contribution in [0.1, 0.15) is 16.1 Å². The van der Waals surface area contributed by atoms with Gasteiger partial charge in [-0.2, -0.15) is 0 Å². The molecule has 0 aliphatic heterocycles. The summed E-state index contributed by atoms with van der Waals surface area (Å²) in [5, 5.41) is 0.413. The van der Waals surface area contributed by atoms with E-state index in [9.17, 15) is 13.2 Å². The van der Waals surface area contributed by atoms with Gasteiger partial charge >= 0.3 is 0 Å². The lowest BCUT2D eigenvalue weighted by Gasteiger charge is -2.08. The molecule has 0 saturated carbocycles. The molecular formula is C17H14ClNO3S. The van der Waals surface area contributed by atoms with E-state index in [-0.39, 0.29) is 4.90 Å². The summed E-state index contributed by atoms with van der Waals surface area (Å²) in [6.07, 6.45) is 3.71. The molecule has 23 heavy (non-hydrogen) atoms. The molecule has 0 N–H and O–H groups in total. The fourth-order valence-corrected chi connectivity index (χ4v) is 3.72. The van der Waals surface area contributed by atoms with Gasteiger partial charge in [0.2, 0.25) is 0 Å². The zero-order valence-electron chi connectivity index (χ0n) is 12.6. The van der Waals surface area contributed by atoms with E-state index in [1.807, 2.05) is 25.3 Å². The van der Waals surface area contributed by atoms with Gasteiger partial charge in [-0.3, -0.25) is 4.79 Å². The Labute approximate surface area is 139 Å². The van der Waals surface area contributed by atoms with Gasteiger partial charge in [0.25, 0.3) is 0 Å². The molecule has 0 bridgehead atoms. The Morgan fingerprint density at radius 1 is 1.09 bits per heavy atom. The first-order valence-corrected chi connectivity index (χ1v) is 9.15. The highest BCUT2D eigenvalue weighted by molar-refractivity contribution is 7.90. The minimum Gasteiger partial charge on any atom is -0.313 e. The first kappa shape index (κ1) is 15.8. The highest BCUT2D eigenvalue weighted by Crippen LogP contribution is 2.34. The van der Waals surface area contributed by atoms with Crippen LogP contribution in [0.3, 0.4) is 0 Å². The largest absolute Gasteiger partial charge is 0.313 e. The molecule has 0 spiro atoms. The molecule has 0 aliphatic rings. The highest BCUT2D eigenvalue weighted by Gasteiger charge is 2.20. The Balaban J connectivity index is 2.42. The lowest BCUT2D eigenvalue weighted by molar-refractivity contribution is 0.111. The summed E-state index contributed by atoms with van der Waals surface area (Å²) < 4.78 is 25.9. The van der Waals surface area contributed by atoms with E-state index in [1.54, 1.807) is 16.5 Å². The Bertz CT molecular complexity index is 1040. The summed E-state index contributed by atoms with van der Waals surface area (Å²) >= 11 is 6.05. The second-order valence-corrected chi connectivity index (χ2v) is 7.90. The van der Waals surface area contributed by atoms with Crippen LogP contribution in [0, 0.1) is 6.92 Å². The third kappa shape index (κ3) is 2.78. The second kappa shape index (κ2) is 5.51. The van der Waals surface area contributed by atoms with Crippen LogP contribution >= 0.6 is 11.6 Å². The number of hydrogen-bond acceptors (Lipinski definition) is 3. The van der Waals surface area contributed by atoms with E-state index in [4.69, 9.17) is 11.6 Å². The molecule has 3 rings (SSSR count). The minimum atomic E-state index is -3.45. The first-order chi connectivity index (χ1) is 10.8. The molecule has 0 unspecified atom stereocenters. The van der Waals surface area contributed by atoms with E-state index < -0.39 is 9.84 Å². The summed E-state index contributed by atoms with van der Waals surface area (Å²) in [5.74, 6) is 0. The summed E-state index contributed by atoms with van der Waals surface area (Å²) in [6, 6.07) is 10.2. The first-order valence-electron chi connectivity index (χ1n) is 6.88. The van der Waals surface area contributed by atoms with Gasteiger partial charge in [0.15, 0.2) is 16.1 Å². The number of pyridine rings is 1. The van der Waals surface area contributed by atoms with Crippen LogP contribution in [0.4, 0.5) is 0 Å². The van der Waals surface area contributed by atoms with E-state index >= 15 is 0 Å². The molecule has 2 heterocycles. The van der Waals surface area contributed by atoms with Gasteiger partial charge in [-0.05, 0) is 42.8 Å². The molecule has 3 aromatic rings. The fourth-order valence-electron chi connectivity index (χ4n) is 2.67. The van der Waals surface area contributed by atoms with Crippen molar-refractivity contribution in [2.75, 3.05) is 6.26 Å². The number of carbonyl (C=O) groups excluding carboxylic acids is 1. The zero-order valence-corrected chi connectivity index (χ0v) is 14.1. The zero-order chi connectivity index (χ0) is 16.8. The minimum absolute atomic E-state index is 0.151. The molecular weight excluding hydrogens is 334 g/mol. The van der Waals surface area contributed by atoms with Crippen molar-refractivity contribution in [3.63, 3.8) is 0 Å². The quantitative estimate of drug-likeness (QED) is 0.677. The molecule has 118 valence electrons. The Morgan fingerprint density at radius 3 is 2.48 bits per heavy atom. The van der Waals surface area contributed by atoms with Crippen LogP contribution in [0.5, 0.6) is 0 Å². The lowest BCUT2D eigenvalue weighted by Crippen LogP contribution is -2.01. The number of aromatic nitrogens is 1. The number of sulfone groups is 1. The predicted molar refractivity (Wildman–Crippen MR) is 91.1 cm³/mol. The van der Waals surface area contributed by atoms with Crippen LogP contribution in [0.2, 0.25) is 5.02 Å². The number of rotatable bonds is 3. The maximum atomic E-state index is 12.1. The van der Waals surface area contributed by atoms with Gasteiger partial charge in [-0.15, -0.1) is 0 Å². The summed E-state index contributed by atoms with van der Waals surface area (Å²) in [6.45, 7) is 1.93. The van der Waals surface area contributed by atoms with E-state index in [1.165, 1.54) is 12.1 Å². The number of halogens is 1. The highest BCUT2D eigenvalue weighted by atomic mass is 35.5. The molecule has 2 aromatic heterocycles. The van der Waals surface area contributed by atoms with E-state index in [0.29, 0.717) is 21.8 Å². The van der Waals surface area contributed by atoms with Crippen molar-refractivity contribution in [2.45, 2.75) is 11.8 Å². The van der Waals surface area contributed by atoms with Crippen molar-refractivity contribution >= 4 is 33.2 Å². The van der Waals surface area contributed by atoms with Crippen molar-refractivity contribution in [2.24, 2.45) is 0 Å². The molecule has 0 saturated heterocycles. The van der Waals surface area contributed by atoms with Gasteiger partial charge in [-0.1, -0.05) is 17.7 Å². The third-order valence-corrected chi connectivity index (χ3v) is 5.09. The number of nitrogens with zero attached hydrogens (tertiary/aromatic N) is 1. The van der Waals surface area contributed by atoms with Crippen LogP contribution < -0.4 is 0 Å². The standard InChI is InChI=1S/C17H14ClNO3S/c1-11-3-5-13-8-14(16(10-20)19(13)9-11)15-7-12(18)4-6-17(15)23(2,21)22/h3-10H,1-2H3. The third-order valence-electron chi connectivity index (χ3n) is 3.70. The van der Waals surface area contributed by atoms with Crippen LogP contribution in [-0.4, -0.2) is 25.4 Å². The lowest BCUT2D eigenvalue weighted by atomic mass is 10.1. The van der Waals surface area contributed by atoms with Crippen molar-refractivity contribution in [1.82, 2.24) is 4.40 Å². The predicted octanol–water partition coefficient (Wildman–Crippen LogP) is 3.78. The maximum absolute atomic E-state index is 12.1. The molecule has 0 amide bonds. The molecule has 6 heteroatoms. The second-order valence-electron chi connectivity index (χ2n) is 5.48. The van der Waals surface area contributed by atoms with Crippen LogP contribution in [0.25, 0.3) is 16.6 Å². The average molecular weight is 348 g/mol. The SMILES string of the molecule is Cc1ccc2cc(-c3cc(Cl)ccc3S(C)(=O)=O)c(C=O)n2c1. The van der Waals surface area contributed by atoms with Gasteiger partial charge in [0.05, 0.1) is 10.6 Å². The maximum Gasteiger partial charge on any atom is 0.176 e. The fraction of sp³-hybridized carbons (Fsp3) is 0.118. The summed E-state index contributed by atoms with van der Waals surface area (Å²) in [7, 11) is -3.45. The summed E-state index contributed by atoms with van der Waals surface area (Å²) in [4.78, 5) is 11.8. The van der Waals surface area contributed by atoms with Crippen molar-refractivity contribution in [1.29, 1.82) is 0 Å². The van der Waals surface area contributed by atoms with Crippen molar-refractivity contribution < 1.29 is 13.2 Å². The Hall–Kier alpha value is -2.11. The number of aldehydes is 1. The van der Waals surface area contributed by atoms with Crippen molar-refractivity contribution in [3.05, 3.63) is 58.9 Å². The van der Waals surface area contributed by atoms with Gasteiger partial charge in [0.1, 0.15) is 0 Å². The Kier molecular flexibility index (Phi) is 3.78. The van der Waals surface area contributed by atoms with Gasteiger partial charge < -0.3 is 4.40 Å².